The Balaban J connectivity index is 2.26. The van der Waals surface area contributed by atoms with Crippen molar-refractivity contribution < 1.29 is 9.59 Å². The molecule has 1 aromatic carbocycles. The molecule has 0 radical (unpaired) electrons. The summed E-state index contributed by atoms with van der Waals surface area (Å²) in [6.45, 7) is 5.30. The van der Waals surface area contributed by atoms with Crippen molar-refractivity contribution in [1.29, 1.82) is 0 Å². The van der Waals surface area contributed by atoms with E-state index in [4.69, 9.17) is 11.6 Å². The van der Waals surface area contributed by atoms with E-state index >= 15 is 0 Å². The Labute approximate surface area is 131 Å². The summed E-state index contributed by atoms with van der Waals surface area (Å²) in [4.78, 5) is 24.8. The highest BCUT2D eigenvalue weighted by molar-refractivity contribution is 6.30. The summed E-state index contributed by atoms with van der Waals surface area (Å²) in [6, 6.07) is 7.60. The number of carbonyl (C=O) groups excluding carboxylic acids is 2. The summed E-state index contributed by atoms with van der Waals surface area (Å²) >= 11 is 5.91. The Hall–Kier alpha value is -1.55. The van der Waals surface area contributed by atoms with Crippen molar-refractivity contribution in [3.63, 3.8) is 0 Å². The topological polar surface area (TPSA) is 49.4 Å². The lowest BCUT2D eigenvalue weighted by Crippen LogP contribution is -2.34. The van der Waals surface area contributed by atoms with Crippen molar-refractivity contribution in [1.82, 2.24) is 10.2 Å². The van der Waals surface area contributed by atoms with Crippen LogP contribution in [0.25, 0.3) is 0 Å². The molecular formula is C16H23ClN2O2. The molecule has 0 saturated carbocycles. The van der Waals surface area contributed by atoms with E-state index in [2.05, 4.69) is 5.32 Å². The molecule has 0 aliphatic carbocycles. The van der Waals surface area contributed by atoms with Crippen LogP contribution in [0.15, 0.2) is 24.3 Å². The fraction of sp³-hybridized carbons (Fsp3) is 0.500. The summed E-state index contributed by atoms with van der Waals surface area (Å²) < 4.78 is 0. The van der Waals surface area contributed by atoms with E-state index in [1.54, 1.807) is 4.90 Å². The number of benzene rings is 1. The van der Waals surface area contributed by atoms with E-state index < -0.39 is 0 Å². The lowest BCUT2D eigenvalue weighted by Gasteiger charge is -2.19. The van der Waals surface area contributed by atoms with E-state index in [1.165, 1.54) is 6.92 Å². The molecule has 0 fully saturated rings. The van der Waals surface area contributed by atoms with Crippen LogP contribution in [0.1, 0.15) is 32.3 Å². The van der Waals surface area contributed by atoms with Crippen molar-refractivity contribution in [3.05, 3.63) is 34.9 Å². The number of hydrogen-bond donors (Lipinski definition) is 1. The molecule has 5 heteroatoms. The zero-order valence-electron chi connectivity index (χ0n) is 12.7. The highest BCUT2D eigenvalue weighted by Crippen LogP contribution is 2.10. The van der Waals surface area contributed by atoms with E-state index in [9.17, 15) is 9.59 Å². The first-order valence-electron chi connectivity index (χ1n) is 7.29. The van der Waals surface area contributed by atoms with Gasteiger partial charge in [-0.15, -0.1) is 0 Å². The maximum Gasteiger partial charge on any atom is 0.221 e. The second kappa shape index (κ2) is 9.40. The highest BCUT2D eigenvalue weighted by Gasteiger charge is 2.09. The first-order valence-corrected chi connectivity index (χ1v) is 7.67. The minimum atomic E-state index is -0.0284. The van der Waals surface area contributed by atoms with E-state index in [0.717, 1.165) is 18.4 Å². The summed E-state index contributed by atoms with van der Waals surface area (Å²) in [5.74, 6) is -0.0111. The minimum absolute atomic E-state index is 0.0172. The van der Waals surface area contributed by atoms with E-state index in [1.807, 2.05) is 31.2 Å². The lowest BCUT2D eigenvalue weighted by atomic mass is 10.1. The van der Waals surface area contributed by atoms with Crippen LogP contribution in [0, 0.1) is 0 Å². The van der Waals surface area contributed by atoms with Gasteiger partial charge in [-0.25, -0.2) is 0 Å². The van der Waals surface area contributed by atoms with Crippen molar-refractivity contribution in [2.75, 3.05) is 19.6 Å². The molecule has 21 heavy (non-hydrogen) atoms. The molecule has 0 atom stereocenters. The molecule has 0 aliphatic rings. The Morgan fingerprint density at radius 2 is 2.05 bits per heavy atom. The molecule has 0 heterocycles. The number of nitrogens with one attached hydrogen (secondary N) is 1. The van der Waals surface area contributed by atoms with Crippen molar-refractivity contribution in [3.8, 4) is 0 Å². The zero-order valence-corrected chi connectivity index (χ0v) is 13.4. The third-order valence-corrected chi connectivity index (χ3v) is 3.41. The lowest BCUT2D eigenvalue weighted by molar-refractivity contribution is -0.129. The van der Waals surface area contributed by atoms with Crippen molar-refractivity contribution >= 4 is 23.4 Å². The van der Waals surface area contributed by atoms with Crippen molar-refractivity contribution in [2.24, 2.45) is 0 Å². The van der Waals surface area contributed by atoms with Gasteiger partial charge in [-0.05, 0) is 30.5 Å². The van der Waals surface area contributed by atoms with Gasteiger partial charge in [-0.3, -0.25) is 9.59 Å². The molecule has 0 aliphatic heterocycles. The number of carbonyl (C=O) groups is 2. The molecule has 1 aromatic rings. The molecule has 4 nitrogen and oxygen atoms in total. The predicted octanol–water partition coefficient (Wildman–Crippen LogP) is 2.65. The van der Waals surface area contributed by atoms with E-state index in [0.29, 0.717) is 31.1 Å². The Morgan fingerprint density at radius 3 is 2.67 bits per heavy atom. The Morgan fingerprint density at radius 1 is 1.29 bits per heavy atom. The normalized spacial score (nSPS) is 10.2. The first kappa shape index (κ1) is 17.5. The molecule has 0 spiro atoms. The van der Waals surface area contributed by atoms with E-state index in [-0.39, 0.29) is 11.8 Å². The van der Waals surface area contributed by atoms with Gasteiger partial charge in [-0.1, -0.05) is 30.7 Å². The average Bonchev–Trinajstić information content (AvgIpc) is 2.43. The van der Waals surface area contributed by atoms with Gasteiger partial charge in [0.1, 0.15) is 0 Å². The standard InChI is InChI=1S/C16H23ClN2O2/c1-3-10-19(13(2)20)11-8-16(21)18-9-7-14-5-4-6-15(17)12-14/h4-6,12H,3,7-11H2,1-2H3,(H,18,21). The molecular weight excluding hydrogens is 288 g/mol. The molecule has 0 aromatic heterocycles. The van der Waals surface area contributed by atoms with Gasteiger partial charge < -0.3 is 10.2 Å². The third kappa shape index (κ3) is 7.14. The zero-order chi connectivity index (χ0) is 15.7. The molecule has 0 bridgehead atoms. The van der Waals surface area contributed by atoms with Gasteiger partial charge >= 0.3 is 0 Å². The maximum absolute atomic E-state index is 11.8. The fourth-order valence-electron chi connectivity index (χ4n) is 2.06. The number of hydrogen-bond acceptors (Lipinski definition) is 2. The summed E-state index contributed by atoms with van der Waals surface area (Å²) in [7, 11) is 0. The van der Waals surface area contributed by atoms with Gasteiger partial charge in [-0.2, -0.15) is 0 Å². The quantitative estimate of drug-likeness (QED) is 0.802. The average molecular weight is 311 g/mol. The van der Waals surface area contributed by atoms with Crippen LogP contribution in [-0.4, -0.2) is 36.3 Å². The highest BCUT2D eigenvalue weighted by atomic mass is 35.5. The maximum atomic E-state index is 11.8. The molecule has 2 amide bonds. The SMILES string of the molecule is CCCN(CCC(=O)NCCc1cccc(Cl)c1)C(C)=O. The van der Waals surface area contributed by atoms with Crippen LogP contribution in [0.2, 0.25) is 5.02 Å². The van der Waals surface area contributed by atoms with Crippen LogP contribution >= 0.6 is 11.6 Å². The molecule has 1 N–H and O–H groups in total. The summed E-state index contributed by atoms with van der Waals surface area (Å²) in [5, 5.41) is 3.57. The van der Waals surface area contributed by atoms with Gasteiger partial charge in [0.05, 0.1) is 0 Å². The molecule has 0 unspecified atom stereocenters. The molecule has 0 saturated heterocycles. The fourth-order valence-corrected chi connectivity index (χ4v) is 2.27. The number of amides is 2. The first-order chi connectivity index (χ1) is 10.0. The van der Waals surface area contributed by atoms with Crippen molar-refractivity contribution in [2.45, 2.75) is 33.1 Å². The van der Waals surface area contributed by atoms with Gasteiger partial charge in [0.15, 0.2) is 0 Å². The van der Waals surface area contributed by atoms with Crippen LogP contribution < -0.4 is 5.32 Å². The predicted molar refractivity (Wildman–Crippen MR) is 85.3 cm³/mol. The van der Waals surface area contributed by atoms with Gasteiger partial charge in [0.25, 0.3) is 0 Å². The largest absolute Gasteiger partial charge is 0.356 e. The number of rotatable bonds is 8. The summed E-state index contributed by atoms with van der Waals surface area (Å²) in [5.41, 5.74) is 1.10. The second-order valence-electron chi connectivity index (χ2n) is 4.99. The van der Waals surface area contributed by atoms with Crippen LogP contribution in [0.3, 0.4) is 0 Å². The molecule has 1 rings (SSSR count). The Bertz CT molecular complexity index is 477. The monoisotopic (exact) mass is 310 g/mol. The molecule has 116 valence electrons. The second-order valence-corrected chi connectivity index (χ2v) is 5.42. The minimum Gasteiger partial charge on any atom is -0.356 e. The Kier molecular flexibility index (Phi) is 7.83. The van der Waals surface area contributed by atoms with Crippen LogP contribution in [-0.2, 0) is 16.0 Å². The summed E-state index contributed by atoms with van der Waals surface area (Å²) in [6.07, 6.45) is 1.99. The van der Waals surface area contributed by atoms with Crippen LogP contribution in [0.4, 0.5) is 0 Å². The van der Waals surface area contributed by atoms with Gasteiger partial charge in [0, 0.05) is 38.0 Å². The van der Waals surface area contributed by atoms with Crippen LogP contribution in [0.5, 0.6) is 0 Å². The number of halogens is 1. The third-order valence-electron chi connectivity index (χ3n) is 3.17. The van der Waals surface area contributed by atoms with Gasteiger partial charge in [0.2, 0.25) is 11.8 Å². The smallest absolute Gasteiger partial charge is 0.221 e. The number of nitrogens with zero attached hydrogens (tertiary/aromatic N) is 1.